The third kappa shape index (κ3) is 3.44. The topological polar surface area (TPSA) is 59.5 Å². The van der Waals surface area contributed by atoms with Crippen LogP contribution in [0.1, 0.15) is 37.7 Å². The summed E-state index contributed by atoms with van der Waals surface area (Å²) in [7, 11) is -3.16. The van der Waals surface area contributed by atoms with Gasteiger partial charge in [-0.3, -0.25) is 4.98 Å². The Morgan fingerprint density at radius 3 is 2.70 bits per heavy atom. The van der Waals surface area contributed by atoms with Crippen LogP contribution in [0.25, 0.3) is 0 Å². The SMILES string of the molecule is O=S(=O)(C1CC1)N1CC[C@@H](OCC2CC2)[C@H]1Cc1cccnc1. The van der Waals surface area contributed by atoms with Crippen LogP contribution in [0.2, 0.25) is 0 Å². The molecule has 3 aliphatic rings. The molecule has 126 valence electrons. The molecule has 5 nitrogen and oxygen atoms in total. The highest BCUT2D eigenvalue weighted by Crippen LogP contribution is 2.37. The molecule has 1 aromatic rings. The van der Waals surface area contributed by atoms with Crippen molar-refractivity contribution in [3.8, 4) is 0 Å². The maximum absolute atomic E-state index is 12.7. The van der Waals surface area contributed by atoms with Gasteiger partial charge in [0.15, 0.2) is 0 Å². The van der Waals surface area contributed by atoms with E-state index in [1.807, 2.05) is 18.3 Å². The van der Waals surface area contributed by atoms with Crippen LogP contribution in [-0.4, -0.2) is 48.3 Å². The van der Waals surface area contributed by atoms with Gasteiger partial charge in [0.1, 0.15) is 0 Å². The molecule has 2 heterocycles. The van der Waals surface area contributed by atoms with Crippen LogP contribution in [0.3, 0.4) is 0 Å². The minimum atomic E-state index is -3.16. The minimum Gasteiger partial charge on any atom is -0.376 e. The lowest BCUT2D eigenvalue weighted by molar-refractivity contribution is 0.0305. The summed E-state index contributed by atoms with van der Waals surface area (Å²) in [5, 5.41) is -0.152. The van der Waals surface area contributed by atoms with E-state index < -0.39 is 10.0 Å². The van der Waals surface area contributed by atoms with Crippen molar-refractivity contribution in [3.63, 3.8) is 0 Å². The Labute approximate surface area is 138 Å². The summed E-state index contributed by atoms with van der Waals surface area (Å²) < 4.78 is 33.3. The number of ether oxygens (including phenoxy) is 1. The van der Waals surface area contributed by atoms with Gasteiger partial charge in [0.05, 0.1) is 17.4 Å². The second kappa shape index (κ2) is 6.15. The first-order valence-corrected chi connectivity index (χ1v) is 10.2. The maximum Gasteiger partial charge on any atom is 0.217 e. The summed E-state index contributed by atoms with van der Waals surface area (Å²) in [6.45, 7) is 1.38. The molecule has 0 spiro atoms. The van der Waals surface area contributed by atoms with E-state index in [1.165, 1.54) is 12.8 Å². The van der Waals surface area contributed by atoms with Gasteiger partial charge >= 0.3 is 0 Å². The number of pyridine rings is 1. The number of rotatable bonds is 7. The van der Waals surface area contributed by atoms with Gasteiger partial charge in [0.25, 0.3) is 0 Å². The fraction of sp³-hybridized carbons (Fsp3) is 0.706. The summed E-state index contributed by atoms with van der Waals surface area (Å²) in [6, 6.07) is 3.85. The first kappa shape index (κ1) is 15.5. The Bertz CT molecular complexity index is 641. The molecule has 2 atom stereocenters. The van der Waals surface area contributed by atoms with Crippen LogP contribution in [-0.2, 0) is 21.2 Å². The molecule has 0 bridgehead atoms. The van der Waals surface area contributed by atoms with Crippen molar-refractivity contribution in [2.24, 2.45) is 5.92 Å². The van der Waals surface area contributed by atoms with Gasteiger partial charge in [-0.25, -0.2) is 8.42 Å². The van der Waals surface area contributed by atoms with Crippen LogP contribution in [0.5, 0.6) is 0 Å². The van der Waals surface area contributed by atoms with Crippen molar-refractivity contribution in [2.75, 3.05) is 13.2 Å². The molecule has 23 heavy (non-hydrogen) atoms. The number of hydrogen-bond donors (Lipinski definition) is 0. The Balaban J connectivity index is 1.52. The van der Waals surface area contributed by atoms with Crippen LogP contribution in [0, 0.1) is 5.92 Å². The summed E-state index contributed by atoms with van der Waals surface area (Å²) in [4.78, 5) is 4.16. The molecule has 1 aromatic heterocycles. The molecular formula is C17H24N2O3S. The smallest absolute Gasteiger partial charge is 0.217 e. The number of nitrogens with zero attached hydrogens (tertiary/aromatic N) is 2. The monoisotopic (exact) mass is 336 g/mol. The second-order valence-electron chi connectivity index (χ2n) is 7.09. The lowest BCUT2D eigenvalue weighted by Crippen LogP contribution is -2.43. The summed E-state index contributed by atoms with van der Waals surface area (Å²) in [5.74, 6) is 0.697. The van der Waals surface area contributed by atoms with Crippen molar-refractivity contribution in [1.29, 1.82) is 0 Å². The van der Waals surface area contributed by atoms with Gasteiger partial charge in [0, 0.05) is 25.5 Å². The van der Waals surface area contributed by atoms with E-state index in [0.717, 1.165) is 31.4 Å². The fourth-order valence-corrected chi connectivity index (χ4v) is 5.47. The molecule has 3 fully saturated rings. The summed E-state index contributed by atoms with van der Waals surface area (Å²) in [5.41, 5.74) is 1.08. The first-order chi connectivity index (χ1) is 11.1. The lowest BCUT2D eigenvalue weighted by atomic mass is 10.0. The fourth-order valence-electron chi connectivity index (χ4n) is 3.40. The number of sulfonamides is 1. The van der Waals surface area contributed by atoms with Gasteiger partial charge in [-0.15, -0.1) is 0 Å². The Morgan fingerprint density at radius 1 is 1.22 bits per heavy atom. The van der Waals surface area contributed by atoms with Crippen LogP contribution in [0.15, 0.2) is 24.5 Å². The summed E-state index contributed by atoms with van der Waals surface area (Å²) >= 11 is 0. The number of aromatic nitrogens is 1. The molecule has 0 unspecified atom stereocenters. The molecule has 1 saturated heterocycles. The van der Waals surface area contributed by atoms with Crippen molar-refractivity contribution < 1.29 is 13.2 Å². The molecule has 2 saturated carbocycles. The van der Waals surface area contributed by atoms with Crippen LogP contribution in [0.4, 0.5) is 0 Å². The lowest BCUT2D eigenvalue weighted by Gasteiger charge is -2.28. The minimum absolute atomic E-state index is 0.0179. The van der Waals surface area contributed by atoms with E-state index in [1.54, 1.807) is 10.5 Å². The van der Waals surface area contributed by atoms with Crippen LogP contribution < -0.4 is 0 Å². The van der Waals surface area contributed by atoms with Gasteiger partial charge in [0.2, 0.25) is 10.0 Å². The molecular weight excluding hydrogens is 312 g/mol. The van der Waals surface area contributed by atoms with E-state index in [-0.39, 0.29) is 17.4 Å². The normalized spacial score (nSPS) is 29.0. The highest BCUT2D eigenvalue weighted by atomic mass is 32.2. The van der Waals surface area contributed by atoms with E-state index in [4.69, 9.17) is 4.74 Å². The third-order valence-corrected chi connectivity index (χ3v) is 7.54. The van der Waals surface area contributed by atoms with Gasteiger partial charge in [-0.05, 0) is 56.1 Å². The average molecular weight is 336 g/mol. The molecule has 0 amide bonds. The zero-order valence-corrected chi connectivity index (χ0v) is 14.1. The number of hydrogen-bond acceptors (Lipinski definition) is 4. The molecule has 6 heteroatoms. The van der Waals surface area contributed by atoms with E-state index in [2.05, 4.69) is 4.98 Å². The predicted octanol–water partition coefficient (Wildman–Crippen LogP) is 1.99. The zero-order chi connectivity index (χ0) is 15.9. The Kier molecular flexibility index (Phi) is 4.15. The molecule has 0 N–H and O–H groups in total. The van der Waals surface area contributed by atoms with E-state index in [9.17, 15) is 8.42 Å². The van der Waals surface area contributed by atoms with Gasteiger partial charge in [-0.1, -0.05) is 6.07 Å². The Hall–Kier alpha value is -0.980. The predicted molar refractivity (Wildman–Crippen MR) is 87.5 cm³/mol. The molecule has 0 aromatic carbocycles. The molecule has 2 aliphatic carbocycles. The molecule has 1 aliphatic heterocycles. The van der Waals surface area contributed by atoms with Gasteiger partial charge < -0.3 is 4.74 Å². The van der Waals surface area contributed by atoms with Crippen molar-refractivity contribution in [2.45, 2.75) is 55.9 Å². The standard InChI is InChI=1S/C17H24N2O3S/c20-23(21,15-5-6-15)19-9-7-17(22-12-13-3-4-13)16(19)10-14-2-1-8-18-11-14/h1-2,8,11,13,15-17H,3-7,9-10,12H2/t16-,17-/m1/s1. The van der Waals surface area contributed by atoms with Crippen molar-refractivity contribution >= 4 is 10.0 Å². The van der Waals surface area contributed by atoms with Crippen molar-refractivity contribution in [1.82, 2.24) is 9.29 Å². The average Bonchev–Trinajstić information content (AvgIpc) is 3.44. The van der Waals surface area contributed by atoms with E-state index >= 15 is 0 Å². The van der Waals surface area contributed by atoms with E-state index in [0.29, 0.717) is 18.9 Å². The maximum atomic E-state index is 12.7. The Morgan fingerprint density at radius 2 is 2.04 bits per heavy atom. The summed E-state index contributed by atoms with van der Waals surface area (Å²) in [6.07, 6.45) is 9.23. The second-order valence-corrected chi connectivity index (χ2v) is 9.26. The highest BCUT2D eigenvalue weighted by Gasteiger charge is 2.48. The van der Waals surface area contributed by atoms with Crippen molar-refractivity contribution in [3.05, 3.63) is 30.1 Å². The first-order valence-electron chi connectivity index (χ1n) is 8.66. The quantitative estimate of drug-likeness (QED) is 0.764. The zero-order valence-electron chi connectivity index (χ0n) is 13.3. The van der Waals surface area contributed by atoms with Crippen LogP contribution >= 0.6 is 0 Å². The highest BCUT2D eigenvalue weighted by molar-refractivity contribution is 7.90. The van der Waals surface area contributed by atoms with Gasteiger partial charge in [-0.2, -0.15) is 4.31 Å². The molecule has 0 radical (unpaired) electrons. The molecule has 4 rings (SSSR count). The largest absolute Gasteiger partial charge is 0.376 e. The third-order valence-electron chi connectivity index (χ3n) is 5.12.